The normalized spacial score (nSPS) is 11.0. The summed E-state index contributed by atoms with van der Waals surface area (Å²) >= 11 is 1.29. The second-order valence-corrected chi connectivity index (χ2v) is 8.71. The van der Waals surface area contributed by atoms with Crippen molar-refractivity contribution in [3.8, 4) is 11.1 Å². The number of H-pyrrole nitrogens is 1. The quantitative estimate of drug-likeness (QED) is 0.0686. The molecule has 0 aliphatic rings. The summed E-state index contributed by atoms with van der Waals surface area (Å²) in [6, 6.07) is 9.43. The highest BCUT2D eigenvalue weighted by atomic mass is 32.2. The van der Waals surface area contributed by atoms with Gasteiger partial charge in [-0.2, -0.15) is 0 Å². The highest BCUT2D eigenvalue weighted by molar-refractivity contribution is 8.00. The van der Waals surface area contributed by atoms with Crippen LogP contribution in [0.2, 0.25) is 0 Å². The molecule has 2 aromatic heterocycles. The molecule has 0 atom stereocenters. The van der Waals surface area contributed by atoms with E-state index in [0.717, 1.165) is 23.8 Å². The molecule has 180 valence electrons. The first kappa shape index (κ1) is 24.2. The van der Waals surface area contributed by atoms with Crippen molar-refractivity contribution in [3.05, 3.63) is 77.1 Å². The monoisotopic (exact) mass is 494 g/mol. The predicted octanol–water partition coefficient (Wildman–Crippen LogP) is 5.53. The molecular formula is C25H24F2N6OS. The van der Waals surface area contributed by atoms with Gasteiger partial charge in [-0.25, -0.2) is 13.8 Å². The number of carbonyl (C=O) groups is 1. The van der Waals surface area contributed by atoms with Gasteiger partial charge in [-0.1, -0.05) is 24.9 Å². The summed E-state index contributed by atoms with van der Waals surface area (Å²) in [4.78, 5) is 20.6. The summed E-state index contributed by atoms with van der Waals surface area (Å²) in [5, 5.41) is 11.2. The van der Waals surface area contributed by atoms with Crippen LogP contribution >= 0.6 is 11.9 Å². The van der Waals surface area contributed by atoms with Crippen molar-refractivity contribution in [2.75, 3.05) is 22.8 Å². The third-order valence-electron chi connectivity index (χ3n) is 5.49. The number of ketones is 1. The van der Waals surface area contributed by atoms with E-state index in [2.05, 4.69) is 20.0 Å². The molecule has 0 spiro atoms. The van der Waals surface area contributed by atoms with Gasteiger partial charge in [-0.05, 0) is 42.3 Å². The van der Waals surface area contributed by atoms with E-state index in [1.54, 1.807) is 31.4 Å². The molecule has 0 aliphatic heterocycles. The zero-order chi connectivity index (χ0) is 25.1. The maximum absolute atomic E-state index is 15.1. The number of aromatic amines is 1. The van der Waals surface area contributed by atoms with E-state index in [-0.39, 0.29) is 17.1 Å². The Hall–Kier alpha value is -3.92. The Kier molecular flexibility index (Phi) is 7.02. The van der Waals surface area contributed by atoms with Gasteiger partial charge in [0.1, 0.15) is 17.3 Å². The number of carbonyl (C=O) groups excluding carboxylic acids is 1. The molecule has 7 nitrogen and oxygen atoms in total. The molecule has 4 aromatic rings. The molecule has 0 bridgehead atoms. The van der Waals surface area contributed by atoms with Crippen molar-refractivity contribution in [2.24, 2.45) is 5.73 Å². The standard InChI is InChI=1S/C25H24F2N6OS/c1-3-8-35-33-19-7-6-18(26)21(22(19)27)23(34)17-12-32-25-16(17)9-14(11-31-25)13-4-5-15(24(28)29)20(10-13)30-2/h4-7,9-12,30,33H,3,8H2,1-2H3,(H3,28,29)(H,31,32). The Balaban J connectivity index is 1.76. The highest BCUT2D eigenvalue weighted by Crippen LogP contribution is 2.31. The number of nitrogens with two attached hydrogens (primary N) is 1. The van der Waals surface area contributed by atoms with Crippen LogP contribution in [0, 0.1) is 17.0 Å². The van der Waals surface area contributed by atoms with Crippen LogP contribution in [0.3, 0.4) is 0 Å². The van der Waals surface area contributed by atoms with Crippen LogP contribution in [0.25, 0.3) is 22.2 Å². The molecule has 0 unspecified atom stereocenters. The van der Waals surface area contributed by atoms with Crippen molar-refractivity contribution in [3.63, 3.8) is 0 Å². The molecule has 2 heterocycles. The van der Waals surface area contributed by atoms with Gasteiger partial charge < -0.3 is 20.8 Å². The first-order valence-electron chi connectivity index (χ1n) is 10.9. The average Bonchev–Trinajstić information content (AvgIpc) is 3.28. The molecule has 0 saturated carbocycles. The molecule has 0 saturated heterocycles. The van der Waals surface area contributed by atoms with Crippen LogP contribution < -0.4 is 15.8 Å². The minimum absolute atomic E-state index is 0.0528. The van der Waals surface area contributed by atoms with Crippen molar-refractivity contribution in [1.29, 1.82) is 5.41 Å². The fourth-order valence-electron chi connectivity index (χ4n) is 3.72. The lowest BCUT2D eigenvalue weighted by molar-refractivity contribution is 0.103. The topological polar surface area (TPSA) is 120 Å². The number of rotatable bonds is 9. The minimum Gasteiger partial charge on any atom is -0.388 e. The number of aromatic nitrogens is 2. The van der Waals surface area contributed by atoms with Crippen LogP contribution in [0.15, 0.2) is 48.8 Å². The number of nitrogens with one attached hydrogen (secondary N) is 4. The zero-order valence-corrected chi connectivity index (χ0v) is 19.9. The van der Waals surface area contributed by atoms with Crippen molar-refractivity contribution < 1.29 is 13.6 Å². The SMILES string of the molecule is CCCSNc1ccc(F)c(C(=O)c2c[nH]c3ncc(-c4ccc(C(=N)N)c(NC)c4)cc23)c1F. The Labute approximate surface area is 205 Å². The molecular weight excluding hydrogens is 470 g/mol. The molecule has 6 N–H and O–H groups in total. The fourth-order valence-corrected chi connectivity index (χ4v) is 4.34. The Morgan fingerprint density at radius 2 is 1.94 bits per heavy atom. The number of pyridine rings is 1. The first-order chi connectivity index (χ1) is 16.8. The molecule has 35 heavy (non-hydrogen) atoms. The van der Waals surface area contributed by atoms with Crippen molar-refractivity contribution in [1.82, 2.24) is 9.97 Å². The summed E-state index contributed by atoms with van der Waals surface area (Å²) in [7, 11) is 1.72. The van der Waals surface area contributed by atoms with Gasteiger partial charge in [0.25, 0.3) is 0 Å². The van der Waals surface area contributed by atoms with Gasteiger partial charge in [-0.15, -0.1) is 0 Å². The maximum atomic E-state index is 15.1. The lowest BCUT2D eigenvalue weighted by Crippen LogP contribution is -2.13. The minimum atomic E-state index is -0.935. The second kappa shape index (κ2) is 10.1. The number of hydrogen-bond acceptors (Lipinski definition) is 6. The molecule has 0 radical (unpaired) electrons. The molecule has 0 amide bonds. The van der Waals surface area contributed by atoms with Crippen molar-refractivity contribution in [2.45, 2.75) is 13.3 Å². The van der Waals surface area contributed by atoms with Gasteiger partial charge in [0.15, 0.2) is 5.82 Å². The lowest BCUT2D eigenvalue weighted by atomic mass is 9.99. The molecule has 4 rings (SSSR count). The predicted molar refractivity (Wildman–Crippen MR) is 138 cm³/mol. The van der Waals surface area contributed by atoms with E-state index in [1.165, 1.54) is 24.2 Å². The maximum Gasteiger partial charge on any atom is 0.201 e. The van der Waals surface area contributed by atoms with Crippen LogP contribution in [0.4, 0.5) is 20.2 Å². The number of anilines is 2. The third-order valence-corrected chi connectivity index (χ3v) is 6.47. The van der Waals surface area contributed by atoms with Gasteiger partial charge in [0.05, 0.1) is 11.3 Å². The Bertz CT molecular complexity index is 1440. The number of halogens is 2. The van der Waals surface area contributed by atoms with E-state index in [4.69, 9.17) is 11.1 Å². The van der Waals surface area contributed by atoms with E-state index in [9.17, 15) is 9.18 Å². The number of benzene rings is 2. The van der Waals surface area contributed by atoms with Crippen LogP contribution in [0.1, 0.15) is 34.8 Å². The van der Waals surface area contributed by atoms with Crippen LogP contribution in [0.5, 0.6) is 0 Å². The van der Waals surface area contributed by atoms with Crippen LogP contribution in [-0.2, 0) is 0 Å². The number of hydrogen-bond donors (Lipinski definition) is 5. The fraction of sp³-hybridized carbons (Fsp3) is 0.160. The first-order valence-corrected chi connectivity index (χ1v) is 11.9. The largest absolute Gasteiger partial charge is 0.388 e. The third kappa shape index (κ3) is 4.69. The van der Waals surface area contributed by atoms with Crippen LogP contribution in [-0.4, -0.2) is 34.4 Å². The number of fused-ring (bicyclic) bond motifs is 1. The Morgan fingerprint density at radius 1 is 1.14 bits per heavy atom. The van der Waals surface area contributed by atoms with Gasteiger partial charge in [-0.3, -0.25) is 10.2 Å². The van der Waals surface area contributed by atoms with E-state index < -0.39 is 23.0 Å². The number of nitrogens with zero attached hydrogens (tertiary/aromatic N) is 1. The summed E-state index contributed by atoms with van der Waals surface area (Å²) in [6.45, 7) is 1.99. The summed E-state index contributed by atoms with van der Waals surface area (Å²) in [5.74, 6) is -1.98. The average molecular weight is 495 g/mol. The molecule has 10 heteroatoms. The number of amidine groups is 1. The summed E-state index contributed by atoms with van der Waals surface area (Å²) in [6.07, 6.45) is 3.92. The summed E-state index contributed by atoms with van der Waals surface area (Å²) in [5.41, 5.74) is 8.27. The van der Waals surface area contributed by atoms with Gasteiger partial charge >= 0.3 is 0 Å². The molecule has 2 aromatic carbocycles. The molecule has 0 fully saturated rings. The zero-order valence-electron chi connectivity index (χ0n) is 19.1. The Morgan fingerprint density at radius 3 is 2.66 bits per heavy atom. The highest BCUT2D eigenvalue weighted by Gasteiger charge is 2.24. The van der Waals surface area contributed by atoms with Gasteiger partial charge in [0.2, 0.25) is 5.78 Å². The van der Waals surface area contributed by atoms with Crippen molar-refractivity contribution >= 4 is 46.0 Å². The second-order valence-electron chi connectivity index (χ2n) is 7.81. The molecule has 0 aliphatic carbocycles. The lowest BCUT2D eigenvalue weighted by Gasteiger charge is -2.11. The van der Waals surface area contributed by atoms with E-state index in [1.807, 2.05) is 13.0 Å². The summed E-state index contributed by atoms with van der Waals surface area (Å²) < 4.78 is 32.6. The van der Waals surface area contributed by atoms with E-state index >= 15 is 4.39 Å². The van der Waals surface area contributed by atoms with Gasteiger partial charge in [0, 0.05) is 53.0 Å². The van der Waals surface area contributed by atoms with E-state index in [0.29, 0.717) is 27.8 Å². The smallest absolute Gasteiger partial charge is 0.201 e. The number of nitrogen functional groups attached to an aromatic ring is 1.